The molecule has 0 unspecified atom stereocenters. The zero-order chi connectivity index (χ0) is 20.8. The van der Waals surface area contributed by atoms with Crippen molar-refractivity contribution in [1.82, 2.24) is 4.57 Å². The van der Waals surface area contributed by atoms with Crippen molar-refractivity contribution in [2.75, 3.05) is 0 Å². The maximum absolute atomic E-state index is 12.0. The highest BCUT2D eigenvalue weighted by molar-refractivity contribution is 7.25. The molecule has 0 fully saturated rings. The van der Waals surface area contributed by atoms with Crippen LogP contribution in [0.25, 0.3) is 30.4 Å². The molecular formula is C24H19NO2S3. The molecule has 4 heterocycles. The van der Waals surface area contributed by atoms with Crippen molar-refractivity contribution in [3.8, 4) is 20.2 Å². The van der Waals surface area contributed by atoms with Crippen LogP contribution in [0.4, 0.5) is 0 Å². The SMILES string of the molecule is Cc1csc(-c2cc3c(cc(C(=O)O)n3Cc3ccccc3-c3cc(C)cs3)s2)c1. The van der Waals surface area contributed by atoms with E-state index >= 15 is 0 Å². The summed E-state index contributed by atoms with van der Waals surface area (Å²) in [5.74, 6) is -0.892. The molecule has 0 saturated carbocycles. The number of nitrogens with zero attached hydrogens (tertiary/aromatic N) is 1. The molecule has 30 heavy (non-hydrogen) atoms. The topological polar surface area (TPSA) is 42.2 Å². The van der Waals surface area contributed by atoms with Gasteiger partial charge in [-0.25, -0.2) is 4.79 Å². The Balaban J connectivity index is 1.63. The predicted octanol–water partition coefficient (Wildman–Crippen LogP) is 7.52. The highest BCUT2D eigenvalue weighted by Gasteiger charge is 2.19. The second-order valence-electron chi connectivity index (χ2n) is 7.41. The van der Waals surface area contributed by atoms with E-state index in [1.54, 1.807) is 34.0 Å². The zero-order valence-corrected chi connectivity index (χ0v) is 19.0. The molecule has 6 heteroatoms. The fourth-order valence-electron chi connectivity index (χ4n) is 3.71. The van der Waals surface area contributed by atoms with Crippen molar-refractivity contribution in [3.63, 3.8) is 0 Å². The normalized spacial score (nSPS) is 11.4. The number of benzene rings is 1. The molecule has 0 aliphatic carbocycles. The average molecular weight is 450 g/mol. The highest BCUT2D eigenvalue weighted by Crippen LogP contribution is 2.39. The molecule has 1 N–H and O–H groups in total. The van der Waals surface area contributed by atoms with Gasteiger partial charge in [0.1, 0.15) is 5.69 Å². The number of rotatable bonds is 5. The van der Waals surface area contributed by atoms with E-state index in [0.29, 0.717) is 12.2 Å². The maximum atomic E-state index is 12.0. The van der Waals surface area contributed by atoms with Gasteiger partial charge in [0.2, 0.25) is 0 Å². The predicted molar refractivity (Wildman–Crippen MR) is 128 cm³/mol. The average Bonchev–Trinajstić information content (AvgIpc) is 3.47. The molecule has 3 nitrogen and oxygen atoms in total. The second-order valence-corrected chi connectivity index (χ2v) is 10.3. The highest BCUT2D eigenvalue weighted by atomic mass is 32.1. The third kappa shape index (κ3) is 3.41. The minimum Gasteiger partial charge on any atom is -0.477 e. The lowest BCUT2D eigenvalue weighted by atomic mass is 10.1. The first-order valence-corrected chi connectivity index (χ1v) is 12.1. The van der Waals surface area contributed by atoms with Gasteiger partial charge in [0, 0.05) is 21.2 Å². The van der Waals surface area contributed by atoms with Gasteiger partial charge < -0.3 is 9.67 Å². The number of hydrogen-bond donors (Lipinski definition) is 1. The summed E-state index contributed by atoms with van der Waals surface area (Å²) in [7, 11) is 0. The maximum Gasteiger partial charge on any atom is 0.352 e. The Morgan fingerprint density at radius 2 is 1.63 bits per heavy atom. The quantitative estimate of drug-likeness (QED) is 0.301. The van der Waals surface area contributed by atoms with E-state index in [4.69, 9.17) is 0 Å². The number of hydrogen-bond acceptors (Lipinski definition) is 4. The molecular weight excluding hydrogens is 430 g/mol. The fourth-order valence-corrected chi connectivity index (χ4v) is 6.76. The number of aryl methyl sites for hydroxylation is 2. The number of fused-ring (bicyclic) bond motifs is 1. The van der Waals surface area contributed by atoms with Gasteiger partial charge in [0.05, 0.1) is 10.2 Å². The molecule has 0 aliphatic heterocycles. The van der Waals surface area contributed by atoms with Crippen LogP contribution in [-0.4, -0.2) is 15.6 Å². The molecule has 0 radical (unpaired) electrons. The van der Waals surface area contributed by atoms with Crippen LogP contribution < -0.4 is 0 Å². The fraction of sp³-hybridized carbons (Fsp3) is 0.125. The monoisotopic (exact) mass is 449 g/mol. The summed E-state index contributed by atoms with van der Waals surface area (Å²) in [6, 6.07) is 16.6. The Morgan fingerprint density at radius 1 is 0.933 bits per heavy atom. The summed E-state index contributed by atoms with van der Waals surface area (Å²) in [5.41, 5.74) is 6.10. The number of carboxylic acid groups (broad SMARTS) is 1. The van der Waals surface area contributed by atoms with Crippen LogP contribution in [0.5, 0.6) is 0 Å². The Bertz CT molecular complexity index is 1380. The van der Waals surface area contributed by atoms with Crippen LogP contribution in [0.1, 0.15) is 27.2 Å². The van der Waals surface area contributed by atoms with Crippen molar-refractivity contribution in [1.29, 1.82) is 0 Å². The number of aromatic carboxylic acids is 1. The van der Waals surface area contributed by atoms with Crippen molar-refractivity contribution in [3.05, 3.63) is 81.7 Å². The Morgan fingerprint density at radius 3 is 2.30 bits per heavy atom. The third-order valence-corrected chi connectivity index (χ3v) is 8.52. The summed E-state index contributed by atoms with van der Waals surface area (Å²) in [6.45, 7) is 4.72. The molecule has 5 rings (SSSR count). The standard InChI is InChI=1S/C24H19NO2S3/c1-14-7-20(28-12-14)17-6-4-3-5-16(17)11-25-18-9-23(22-8-15(2)13-29-22)30-21(18)10-19(25)24(26)27/h3-10,12-13H,11H2,1-2H3,(H,26,27). The molecule has 0 amide bonds. The van der Waals surface area contributed by atoms with Crippen LogP contribution in [0, 0.1) is 13.8 Å². The number of thiophene rings is 3. The van der Waals surface area contributed by atoms with Crippen molar-refractivity contribution in [2.24, 2.45) is 0 Å². The van der Waals surface area contributed by atoms with Gasteiger partial charge in [0.15, 0.2) is 0 Å². The number of carboxylic acids is 1. The van der Waals surface area contributed by atoms with E-state index in [9.17, 15) is 9.90 Å². The molecule has 1 aromatic carbocycles. The first kappa shape index (κ1) is 19.3. The van der Waals surface area contributed by atoms with E-state index < -0.39 is 5.97 Å². The lowest BCUT2D eigenvalue weighted by Crippen LogP contribution is -2.09. The Labute approximate surface area is 186 Å². The Kier molecular flexibility index (Phi) is 4.85. The van der Waals surface area contributed by atoms with Crippen molar-refractivity contribution >= 4 is 50.2 Å². The molecule has 5 aromatic rings. The van der Waals surface area contributed by atoms with Crippen molar-refractivity contribution in [2.45, 2.75) is 20.4 Å². The third-order valence-electron chi connectivity index (χ3n) is 5.12. The first-order valence-electron chi connectivity index (χ1n) is 9.55. The molecule has 0 bridgehead atoms. The van der Waals surface area contributed by atoms with Gasteiger partial charge in [-0.3, -0.25) is 0 Å². The van der Waals surface area contributed by atoms with Gasteiger partial charge in [0.25, 0.3) is 0 Å². The molecule has 0 atom stereocenters. The summed E-state index contributed by atoms with van der Waals surface area (Å²) >= 11 is 5.11. The van der Waals surface area contributed by atoms with Crippen molar-refractivity contribution < 1.29 is 9.90 Å². The zero-order valence-electron chi connectivity index (χ0n) is 16.5. The van der Waals surface area contributed by atoms with E-state index in [1.165, 1.54) is 25.8 Å². The van der Waals surface area contributed by atoms with Crippen LogP contribution in [0.2, 0.25) is 0 Å². The van der Waals surface area contributed by atoms with E-state index in [2.05, 4.69) is 54.9 Å². The molecule has 150 valence electrons. The first-order chi connectivity index (χ1) is 14.5. The van der Waals surface area contributed by atoms with Crippen LogP contribution in [0.3, 0.4) is 0 Å². The van der Waals surface area contributed by atoms with E-state index in [-0.39, 0.29) is 0 Å². The summed E-state index contributed by atoms with van der Waals surface area (Å²) < 4.78 is 2.95. The van der Waals surface area contributed by atoms with Gasteiger partial charge >= 0.3 is 5.97 Å². The molecule has 0 aliphatic rings. The van der Waals surface area contributed by atoms with Gasteiger partial charge in [-0.15, -0.1) is 34.0 Å². The summed E-state index contributed by atoms with van der Waals surface area (Å²) in [5, 5.41) is 14.1. The molecule has 0 saturated heterocycles. The number of carbonyl (C=O) groups is 1. The van der Waals surface area contributed by atoms with Crippen LogP contribution in [-0.2, 0) is 6.54 Å². The molecule has 4 aromatic heterocycles. The second kappa shape index (κ2) is 7.54. The lowest BCUT2D eigenvalue weighted by Gasteiger charge is -2.12. The van der Waals surface area contributed by atoms with E-state index in [1.807, 2.05) is 22.8 Å². The van der Waals surface area contributed by atoms with Gasteiger partial charge in [-0.1, -0.05) is 24.3 Å². The summed E-state index contributed by atoms with van der Waals surface area (Å²) in [6.07, 6.45) is 0. The lowest BCUT2D eigenvalue weighted by molar-refractivity contribution is 0.0686. The van der Waals surface area contributed by atoms with Gasteiger partial charge in [-0.05, 0) is 71.1 Å². The minimum atomic E-state index is -0.892. The smallest absolute Gasteiger partial charge is 0.352 e. The van der Waals surface area contributed by atoms with Crippen LogP contribution >= 0.6 is 34.0 Å². The van der Waals surface area contributed by atoms with E-state index in [0.717, 1.165) is 21.3 Å². The van der Waals surface area contributed by atoms with Gasteiger partial charge in [-0.2, -0.15) is 0 Å². The largest absolute Gasteiger partial charge is 0.477 e. The van der Waals surface area contributed by atoms with Crippen LogP contribution in [0.15, 0.2) is 59.3 Å². The Hall–Kier alpha value is -2.67. The summed E-state index contributed by atoms with van der Waals surface area (Å²) in [4.78, 5) is 15.6. The minimum absolute atomic E-state index is 0.335. The molecule has 0 spiro atoms. The number of aromatic nitrogens is 1.